The van der Waals surface area contributed by atoms with E-state index in [9.17, 15) is 17.6 Å². The van der Waals surface area contributed by atoms with Gasteiger partial charge in [0.05, 0.1) is 16.9 Å². The number of benzene rings is 2. The Kier molecular flexibility index (Phi) is 7.86. The summed E-state index contributed by atoms with van der Waals surface area (Å²) in [5, 5.41) is 15.6. The summed E-state index contributed by atoms with van der Waals surface area (Å²) >= 11 is 12.6. The molecule has 1 aliphatic rings. The number of rotatable bonds is 7. The molecule has 1 aliphatic heterocycles. The molecule has 3 aromatic heterocycles. The van der Waals surface area contributed by atoms with Gasteiger partial charge >= 0.3 is 0 Å². The number of hydrogen-bond donors (Lipinski definition) is 2. The number of fused-ring (bicyclic) bond motifs is 1. The van der Waals surface area contributed by atoms with E-state index in [0.29, 0.717) is 41.7 Å². The number of nitrogens with one attached hydrogen (secondary N) is 2. The smallest absolute Gasteiger partial charge is 0.268 e. The molecule has 0 aliphatic carbocycles. The fourth-order valence-electron chi connectivity index (χ4n) is 4.97. The summed E-state index contributed by atoms with van der Waals surface area (Å²) in [5.74, 6) is -0.264. The largest absolute Gasteiger partial charge is 0.338 e. The molecule has 0 bridgehead atoms. The van der Waals surface area contributed by atoms with Gasteiger partial charge in [0.1, 0.15) is 17.2 Å². The molecule has 0 atom stereocenters. The number of sulfonamides is 1. The van der Waals surface area contributed by atoms with Crippen molar-refractivity contribution in [1.29, 1.82) is 0 Å². The fourth-order valence-corrected chi connectivity index (χ4v) is 6.36. The van der Waals surface area contributed by atoms with Crippen LogP contribution in [0.2, 0.25) is 10.0 Å². The van der Waals surface area contributed by atoms with Crippen LogP contribution in [0.25, 0.3) is 5.65 Å². The summed E-state index contributed by atoms with van der Waals surface area (Å²) in [6, 6.07) is 14.2. The van der Waals surface area contributed by atoms with Gasteiger partial charge in [-0.15, -0.1) is 5.10 Å². The van der Waals surface area contributed by atoms with Crippen LogP contribution < -0.4 is 10.0 Å². The zero-order valence-corrected chi connectivity index (χ0v) is 24.6. The van der Waals surface area contributed by atoms with Crippen molar-refractivity contribution in [1.82, 2.24) is 29.7 Å². The topological polar surface area (TPSA) is 134 Å². The Bertz CT molecular complexity index is 1920. The van der Waals surface area contributed by atoms with Gasteiger partial charge < -0.3 is 10.2 Å². The summed E-state index contributed by atoms with van der Waals surface area (Å²) < 4.78 is 43.5. The van der Waals surface area contributed by atoms with Gasteiger partial charge in [-0.2, -0.15) is 14.7 Å². The minimum atomic E-state index is -4.18. The normalized spacial score (nSPS) is 14.2. The van der Waals surface area contributed by atoms with Crippen LogP contribution in [-0.4, -0.2) is 57.1 Å². The van der Waals surface area contributed by atoms with E-state index in [2.05, 4.69) is 30.3 Å². The molecule has 15 heteroatoms. The van der Waals surface area contributed by atoms with Crippen LogP contribution >= 0.6 is 23.2 Å². The first-order valence-electron chi connectivity index (χ1n) is 13.1. The van der Waals surface area contributed by atoms with Crippen molar-refractivity contribution in [3.8, 4) is 0 Å². The first-order valence-corrected chi connectivity index (χ1v) is 15.4. The molecule has 1 saturated heterocycles. The number of hydrogen-bond acceptors (Lipinski definition) is 8. The first-order chi connectivity index (χ1) is 20.7. The van der Waals surface area contributed by atoms with E-state index in [4.69, 9.17) is 23.2 Å². The lowest BCUT2D eigenvalue weighted by Gasteiger charge is -2.32. The average Bonchev–Trinajstić information content (AvgIpc) is 3.46. The minimum Gasteiger partial charge on any atom is -0.338 e. The third-order valence-electron chi connectivity index (χ3n) is 7.13. The fraction of sp³-hybridized carbons (Fsp3) is 0.179. The number of amides is 1. The predicted octanol–water partition coefficient (Wildman–Crippen LogP) is 5.53. The van der Waals surface area contributed by atoms with Crippen molar-refractivity contribution in [2.24, 2.45) is 0 Å². The SMILES string of the molecule is O=C(c1cnc2c(S(=O)(=O)Nc3cccnn3)cnn2c1Nc1cc(Cl)ccc1Cl)N1CCC(c2ccc(F)cc2)CC1. The lowest BCUT2D eigenvalue weighted by atomic mass is 9.89. The van der Waals surface area contributed by atoms with Gasteiger partial charge in [0.2, 0.25) is 0 Å². The molecular formula is C28H23Cl2FN8O3S. The van der Waals surface area contributed by atoms with E-state index in [1.54, 1.807) is 35.2 Å². The summed E-state index contributed by atoms with van der Waals surface area (Å²) in [7, 11) is -4.18. The molecule has 0 radical (unpaired) electrons. The summed E-state index contributed by atoms with van der Waals surface area (Å²) in [6.07, 6.45) is 5.24. The van der Waals surface area contributed by atoms with Crippen molar-refractivity contribution in [2.45, 2.75) is 23.7 Å². The Balaban J connectivity index is 1.35. The molecule has 0 unspecified atom stereocenters. The van der Waals surface area contributed by atoms with Gasteiger partial charge in [0.15, 0.2) is 16.4 Å². The molecule has 0 saturated carbocycles. The number of halogens is 3. The number of piperidine rings is 1. The number of likely N-dealkylation sites (tertiary alicyclic amines) is 1. The molecule has 2 N–H and O–H groups in total. The zero-order valence-electron chi connectivity index (χ0n) is 22.3. The van der Waals surface area contributed by atoms with E-state index in [-0.39, 0.29) is 45.4 Å². The predicted molar refractivity (Wildman–Crippen MR) is 160 cm³/mol. The highest BCUT2D eigenvalue weighted by molar-refractivity contribution is 7.93. The van der Waals surface area contributed by atoms with Crippen LogP contribution in [0.1, 0.15) is 34.7 Å². The van der Waals surface area contributed by atoms with Gasteiger partial charge in [-0.25, -0.2) is 17.8 Å². The van der Waals surface area contributed by atoms with Gasteiger partial charge in [0, 0.05) is 30.5 Å². The first kappa shape index (κ1) is 28.8. The highest BCUT2D eigenvalue weighted by atomic mass is 35.5. The Morgan fingerprint density at radius 1 is 1.02 bits per heavy atom. The van der Waals surface area contributed by atoms with E-state index >= 15 is 0 Å². The Hall–Kier alpha value is -4.33. The molecule has 1 amide bonds. The van der Waals surface area contributed by atoms with E-state index in [0.717, 1.165) is 11.8 Å². The quantitative estimate of drug-likeness (QED) is 0.237. The van der Waals surface area contributed by atoms with Gasteiger partial charge in [-0.1, -0.05) is 35.3 Å². The van der Waals surface area contributed by atoms with Crippen molar-refractivity contribution in [2.75, 3.05) is 23.1 Å². The Morgan fingerprint density at radius 3 is 2.51 bits per heavy atom. The van der Waals surface area contributed by atoms with E-state index in [1.165, 1.54) is 41.2 Å². The van der Waals surface area contributed by atoms with Gasteiger partial charge in [0.25, 0.3) is 15.9 Å². The average molecular weight is 642 g/mol. The second-order valence-electron chi connectivity index (χ2n) is 9.85. The van der Waals surface area contributed by atoms with Crippen LogP contribution in [-0.2, 0) is 10.0 Å². The maximum atomic E-state index is 13.9. The van der Waals surface area contributed by atoms with Crippen LogP contribution in [0.3, 0.4) is 0 Å². The second kappa shape index (κ2) is 11.7. The third-order valence-corrected chi connectivity index (χ3v) is 9.04. The molecule has 43 heavy (non-hydrogen) atoms. The Morgan fingerprint density at radius 2 is 1.79 bits per heavy atom. The lowest BCUT2D eigenvalue weighted by Crippen LogP contribution is -2.38. The molecular weight excluding hydrogens is 618 g/mol. The Labute approximate surface area is 255 Å². The molecule has 11 nitrogen and oxygen atoms in total. The molecule has 5 aromatic rings. The molecule has 220 valence electrons. The monoisotopic (exact) mass is 640 g/mol. The van der Waals surface area contributed by atoms with Crippen LogP contribution in [0.15, 0.2) is 78.1 Å². The number of anilines is 3. The van der Waals surface area contributed by atoms with Crippen molar-refractivity contribution in [3.63, 3.8) is 0 Å². The number of aromatic nitrogens is 5. The maximum absolute atomic E-state index is 13.9. The van der Waals surface area contributed by atoms with Gasteiger partial charge in [-0.05, 0) is 66.8 Å². The van der Waals surface area contributed by atoms with Crippen LogP contribution in [0.5, 0.6) is 0 Å². The number of carbonyl (C=O) groups is 1. The maximum Gasteiger partial charge on any atom is 0.268 e. The number of nitrogens with zero attached hydrogens (tertiary/aromatic N) is 6. The molecule has 4 heterocycles. The van der Waals surface area contributed by atoms with Crippen LogP contribution in [0, 0.1) is 5.82 Å². The van der Waals surface area contributed by atoms with E-state index < -0.39 is 10.0 Å². The summed E-state index contributed by atoms with van der Waals surface area (Å²) in [6.45, 7) is 0.911. The minimum absolute atomic E-state index is 0.0155. The molecule has 0 spiro atoms. The van der Waals surface area contributed by atoms with Crippen molar-refractivity contribution >= 4 is 62.1 Å². The lowest BCUT2D eigenvalue weighted by molar-refractivity contribution is 0.0713. The van der Waals surface area contributed by atoms with E-state index in [1.807, 2.05) is 0 Å². The zero-order chi connectivity index (χ0) is 30.1. The van der Waals surface area contributed by atoms with Gasteiger partial charge in [-0.3, -0.25) is 9.52 Å². The summed E-state index contributed by atoms with van der Waals surface area (Å²) in [4.78, 5) is 19.7. The summed E-state index contributed by atoms with van der Waals surface area (Å²) in [5.41, 5.74) is 1.51. The standard InChI is InChI=1S/C28H23Cl2FN8O3S/c29-19-5-8-22(30)23(14-19)35-26-21(28(40)38-12-9-18(10-13-38)17-3-6-20(31)7-4-17)15-32-27-24(16-34-39(26)27)43(41,42)37-25-2-1-11-33-36-25/h1-8,11,14-16,18,35H,9-10,12-13H2,(H,36,37). The molecule has 1 fully saturated rings. The van der Waals surface area contributed by atoms with Crippen molar-refractivity contribution in [3.05, 3.63) is 100 Å². The number of carbonyl (C=O) groups excluding carboxylic acids is 1. The molecule has 2 aromatic carbocycles. The highest BCUT2D eigenvalue weighted by Gasteiger charge is 2.30. The second-order valence-corrected chi connectivity index (χ2v) is 12.3. The van der Waals surface area contributed by atoms with Crippen LogP contribution in [0.4, 0.5) is 21.7 Å². The third kappa shape index (κ3) is 5.96. The van der Waals surface area contributed by atoms with Crippen molar-refractivity contribution < 1.29 is 17.6 Å². The molecule has 6 rings (SSSR count). The highest BCUT2D eigenvalue weighted by Crippen LogP contribution is 2.33.